The molecule has 0 aromatic carbocycles. The summed E-state index contributed by atoms with van der Waals surface area (Å²) in [5, 5.41) is 21.7. The molecule has 4 rings (SSSR count). The van der Waals surface area contributed by atoms with Crippen molar-refractivity contribution in [2.24, 2.45) is 10.6 Å². The van der Waals surface area contributed by atoms with E-state index in [1.54, 1.807) is 6.92 Å². The molecule has 0 saturated heterocycles. The molecular weight excluding hydrogens is 457 g/mol. The van der Waals surface area contributed by atoms with Crippen LogP contribution < -0.4 is 15.2 Å². The standard InChI is InChI=1S/C19H20F5N5O2S/c1-17(7-18(20,21)8-17)9-28-15(13(19(22,23)24)14(27-28)10-2-3-10)16(30)26-11-4-5-29(31)12(6-11)32-25/h4-6,10,31H,2-3,7-9,25H2,1H3/p+1. The van der Waals surface area contributed by atoms with Crippen LogP contribution in [0.3, 0.4) is 0 Å². The van der Waals surface area contributed by atoms with Crippen molar-refractivity contribution in [3.63, 3.8) is 0 Å². The summed E-state index contributed by atoms with van der Waals surface area (Å²) >= 11 is 0.671. The zero-order valence-electron chi connectivity index (χ0n) is 16.9. The second-order valence-electron chi connectivity index (χ2n) is 8.73. The van der Waals surface area contributed by atoms with E-state index in [2.05, 4.69) is 10.4 Å². The molecule has 2 saturated carbocycles. The van der Waals surface area contributed by atoms with E-state index in [9.17, 15) is 32.0 Å². The molecule has 0 aliphatic heterocycles. The van der Waals surface area contributed by atoms with Crippen molar-refractivity contribution in [1.29, 1.82) is 0 Å². The Bertz CT molecular complexity index is 1060. The maximum absolute atomic E-state index is 14.0. The molecule has 7 nitrogen and oxygen atoms in total. The van der Waals surface area contributed by atoms with Gasteiger partial charge in [0.25, 0.3) is 5.91 Å². The Hall–Kier alpha value is -2.41. The molecule has 2 aliphatic carbocycles. The van der Waals surface area contributed by atoms with Gasteiger partial charge in [0.15, 0.2) is 0 Å². The normalized spacial score (nSPS) is 19.5. The van der Waals surface area contributed by atoms with E-state index in [1.165, 1.54) is 18.3 Å². The van der Waals surface area contributed by atoms with E-state index >= 15 is 0 Å². The lowest BCUT2D eigenvalue weighted by atomic mass is 9.67. The summed E-state index contributed by atoms with van der Waals surface area (Å²) < 4.78 is 70.6. The number of aromatic nitrogens is 3. The average Bonchev–Trinajstić information content (AvgIpc) is 3.41. The second-order valence-corrected chi connectivity index (χ2v) is 9.38. The van der Waals surface area contributed by atoms with Crippen LogP contribution in [0.15, 0.2) is 23.4 Å². The molecule has 2 aromatic rings. The number of nitrogens with one attached hydrogen (secondary N) is 1. The van der Waals surface area contributed by atoms with Crippen LogP contribution in [-0.2, 0) is 12.7 Å². The topological polar surface area (TPSA) is 97.0 Å². The van der Waals surface area contributed by atoms with Gasteiger partial charge in [0.05, 0.1) is 11.4 Å². The minimum Gasteiger partial charge on any atom is -0.320 e. The van der Waals surface area contributed by atoms with E-state index in [-0.39, 0.29) is 23.0 Å². The van der Waals surface area contributed by atoms with E-state index < -0.39 is 53.4 Å². The van der Waals surface area contributed by atoms with E-state index in [4.69, 9.17) is 5.14 Å². The summed E-state index contributed by atoms with van der Waals surface area (Å²) in [7, 11) is 0. The summed E-state index contributed by atoms with van der Waals surface area (Å²) in [6.45, 7) is 1.30. The number of pyridine rings is 1. The first-order valence-corrected chi connectivity index (χ1v) is 10.7. The van der Waals surface area contributed by atoms with Gasteiger partial charge in [-0.2, -0.15) is 18.3 Å². The van der Waals surface area contributed by atoms with Crippen molar-refractivity contribution in [3.8, 4) is 0 Å². The molecule has 1 amide bonds. The Morgan fingerprint density at radius 1 is 1.41 bits per heavy atom. The Balaban J connectivity index is 1.73. The van der Waals surface area contributed by atoms with Crippen LogP contribution in [0.2, 0.25) is 0 Å². The number of amides is 1. The van der Waals surface area contributed by atoms with Crippen LogP contribution in [0.5, 0.6) is 0 Å². The number of nitrogens with zero attached hydrogens (tertiary/aromatic N) is 3. The number of carbonyl (C=O) groups is 1. The number of rotatable bonds is 6. The van der Waals surface area contributed by atoms with Crippen molar-refractivity contribution in [2.75, 3.05) is 5.32 Å². The maximum Gasteiger partial charge on any atom is 0.420 e. The molecule has 2 aromatic heterocycles. The third kappa shape index (κ3) is 4.40. The van der Waals surface area contributed by atoms with Gasteiger partial charge in [0.1, 0.15) is 11.3 Å². The van der Waals surface area contributed by atoms with Crippen molar-refractivity contribution >= 4 is 23.5 Å². The molecule has 0 radical (unpaired) electrons. The lowest BCUT2D eigenvalue weighted by molar-refractivity contribution is -0.932. The molecule has 2 aliphatic rings. The summed E-state index contributed by atoms with van der Waals surface area (Å²) in [6, 6.07) is 2.56. The predicted octanol–water partition coefficient (Wildman–Crippen LogP) is 3.96. The van der Waals surface area contributed by atoms with Crippen molar-refractivity contribution in [2.45, 2.75) is 62.2 Å². The van der Waals surface area contributed by atoms with Crippen LogP contribution in [-0.4, -0.2) is 26.8 Å². The molecule has 0 atom stereocenters. The van der Waals surface area contributed by atoms with Crippen LogP contribution in [0.25, 0.3) is 0 Å². The van der Waals surface area contributed by atoms with E-state index in [0.29, 0.717) is 29.5 Å². The number of halogens is 5. The smallest absolute Gasteiger partial charge is 0.320 e. The first-order valence-electron chi connectivity index (χ1n) is 9.81. The highest BCUT2D eigenvalue weighted by molar-refractivity contribution is 7.96. The fraction of sp³-hybridized carbons (Fsp3) is 0.526. The molecule has 2 heterocycles. The lowest BCUT2D eigenvalue weighted by Gasteiger charge is -2.44. The van der Waals surface area contributed by atoms with Gasteiger partial charge in [-0.3, -0.25) is 19.8 Å². The number of hydrogen-bond acceptors (Lipinski definition) is 5. The Morgan fingerprint density at radius 2 is 2.06 bits per heavy atom. The summed E-state index contributed by atoms with van der Waals surface area (Å²) in [5.41, 5.74) is -2.94. The molecule has 0 bridgehead atoms. The SMILES string of the molecule is CC1(Cn2nc(C3CC3)c(C(F)(F)F)c2C(=O)Nc2cc[n+](O)c(SN)c2)CC(F)(F)C1. The van der Waals surface area contributed by atoms with Crippen LogP contribution in [0, 0.1) is 5.41 Å². The van der Waals surface area contributed by atoms with Gasteiger partial charge in [0, 0.05) is 54.1 Å². The van der Waals surface area contributed by atoms with Crippen molar-refractivity contribution in [3.05, 3.63) is 35.3 Å². The molecule has 13 heteroatoms. The third-order valence-corrected chi connectivity index (χ3v) is 6.17. The van der Waals surface area contributed by atoms with Gasteiger partial charge in [-0.15, -0.1) is 0 Å². The zero-order chi connectivity index (χ0) is 23.5. The Labute approximate surface area is 183 Å². The molecule has 32 heavy (non-hydrogen) atoms. The third-order valence-electron chi connectivity index (χ3n) is 5.62. The number of anilines is 1. The van der Waals surface area contributed by atoms with Crippen LogP contribution in [0.4, 0.5) is 27.6 Å². The summed E-state index contributed by atoms with van der Waals surface area (Å²) in [4.78, 5) is 13.0. The first-order chi connectivity index (χ1) is 14.8. The van der Waals surface area contributed by atoms with Gasteiger partial charge in [-0.05, 0) is 18.3 Å². The summed E-state index contributed by atoms with van der Waals surface area (Å²) in [6.07, 6.45) is -3.64. The fourth-order valence-corrected chi connectivity index (χ4v) is 4.61. The van der Waals surface area contributed by atoms with Gasteiger partial charge in [-0.25, -0.2) is 8.78 Å². The Morgan fingerprint density at radius 3 is 2.59 bits per heavy atom. The number of carbonyl (C=O) groups excluding carboxylic acids is 1. The lowest BCUT2D eigenvalue weighted by Crippen LogP contribution is -2.47. The highest BCUT2D eigenvalue weighted by Crippen LogP contribution is 2.53. The minimum absolute atomic E-state index is 0.100. The van der Waals surface area contributed by atoms with E-state index in [1.807, 2.05) is 0 Å². The first kappa shape index (κ1) is 22.8. The highest BCUT2D eigenvalue weighted by atomic mass is 32.2. The Kier molecular flexibility index (Phi) is 5.39. The number of alkyl halides is 5. The minimum atomic E-state index is -4.85. The molecule has 4 N–H and O–H groups in total. The van der Waals surface area contributed by atoms with Gasteiger partial charge in [0.2, 0.25) is 12.1 Å². The molecule has 0 spiro atoms. The average molecular weight is 478 g/mol. The number of hydrogen-bond donors (Lipinski definition) is 3. The predicted molar refractivity (Wildman–Crippen MR) is 103 cm³/mol. The largest absolute Gasteiger partial charge is 0.420 e. The van der Waals surface area contributed by atoms with Gasteiger partial charge < -0.3 is 5.32 Å². The molecule has 2 fully saturated rings. The summed E-state index contributed by atoms with van der Waals surface area (Å²) in [5.74, 6) is -4.37. The fourth-order valence-electron chi connectivity index (χ4n) is 4.25. The van der Waals surface area contributed by atoms with Gasteiger partial charge >= 0.3 is 11.2 Å². The molecule has 0 unspecified atom stereocenters. The van der Waals surface area contributed by atoms with Crippen LogP contribution in [0.1, 0.15) is 60.3 Å². The second kappa shape index (κ2) is 7.58. The van der Waals surface area contributed by atoms with Crippen LogP contribution >= 0.6 is 11.9 Å². The van der Waals surface area contributed by atoms with E-state index in [0.717, 1.165) is 4.68 Å². The maximum atomic E-state index is 14.0. The van der Waals surface area contributed by atoms with Crippen molar-refractivity contribution < 1.29 is 36.7 Å². The molecular formula is C19H21F5N5O2S+. The quantitative estimate of drug-likeness (QED) is 0.253. The monoisotopic (exact) mass is 478 g/mol. The zero-order valence-corrected chi connectivity index (χ0v) is 17.7. The van der Waals surface area contributed by atoms with Crippen molar-refractivity contribution in [1.82, 2.24) is 9.78 Å². The highest BCUT2D eigenvalue weighted by Gasteiger charge is 2.55. The van der Waals surface area contributed by atoms with Gasteiger partial charge in [-0.1, -0.05) is 6.92 Å². The number of nitrogens with two attached hydrogens (primary N) is 1. The molecule has 174 valence electrons.